The molecule has 3 nitrogen and oxygen atoms in total. The van der Waals surface area contributed by atoms with Gasteiger partial charge in [-0.3, -0.25) is 4.79 Å². The highest BCUT2D eigenvalue weighted by Gasteiger charge is 1.96. The Morgan fingerprint density at radius 2 is 0.971 bits per heavy atom. The topological polar surface area (TPSA) is 57.5 Å². The highest BCUT2D eigenvalue weighted by molar-refractivity contribution is 5.66. The van der Waals surface area contributed by atoms with Crippen molar-refractivity contribution in [3.63, 3.8) is 0 Å². The summed E-state index contributed by atoms with van der Waals surface area (Å²) in [5.74, 6) is 22.3. The van der Waals surface area contributed by atoms with Crippen molar-refractivity contribution < 1.29 is 15.0 Å². The highest BCUT2D eigenvalue weighted by Crippen LogP contribution is 2.09. The van der Waals surface area contributed by atoms with Gasteiger partial charge >= 0.3 is 5.97 Å². The Bertz CT molecular complexity index is 692. The Morgan fingerprint density at radius 1 is 0.559 bits per heavy atom. The summed E-state index contributed by atoms with van der Waals surface area (Å²) >= 11 is 0. The molecule has 190 valence electrons. The third-order valence-electron chi connectivity index (χ3n) is 4.99. The van der Waals surface area contributed by atoms with Crippen molar-refractivity contribution in [2.75, 3.05) is 6.61 Å². The van der Waals surface area contributed by atoms with Gasteiger partial charge in [0.25, 0.3) is 0 Å². The van der Waals surface area contributed by atoms with Crippen molar-refractivity contribution >= 4 is 5.97 Å². The van der Waals surface area contributed by atoms with E-state index in [1.165, 1.54) is 64.2 Å². The number of aliphatic hydroxyl groups is 1. The smallest absolute Gasteiger partial charge is 0.303 e. The number of rotatable bonds is 17. The molecule has 0 fully saturated rings. The first-order valence-corrected chi connectivity index (χ1v) is 13.4. The Morgan fingerprint density at radius 3 is 1.41 bits per heavy atom. The summed E-state index contributed by atoms with van der Waals surface area (Å²) in [6, 6.07) is 0. The molecule has 0 heterocycles. The number of unbranched alkanes of at least 4 members (excludes halogenated alkanes) is 14. The van der Waals surface area contributed by atoms with Gasteiger partial charge in [-0.1, -0.05) is 108 Å². The molecule has 0 aromatic carbocycles. The van der Waals surface area contributed by atoms with E-state index in [1.807, 2.05) is 6.92 Å². The third kappa shape index (κ3) is 37.0. The van der Waals surface area contributed by atoms with Crippen molar-refractivity contribution in [1.82, 2.24) is 0 Å². The summed E-state index contributed by atoms with van der Waals surface area (Å²) in [4.78, 5) is 10.4. The zero-order valence-electron chi connectivity index (χ0n) is 21.9. The molecule has 0 atom stereocenters. The van der Waals surface area contributed by atoms with Crippen LogP contribution in [-0.2, 0) is 4.79 Å². The molecule has 0 amide bonds. The largest absolute Gasteiger partial charge is 0.481 e. The Kier molecular flexibility index (Phi) is 32.7. The standard InChI is InChI=1S/C23H38O2.C8H10O/c1-2-3-4-5-6-7-8-9-10-11-12-13-14-15-16-17-18-19-20-21-22-23(24)25;1-2-3-4-5-6-7-8-9/h2-10,15-22H2,1H3,(H,24,25);9H,2,7-8H2,1H3. The van der Waals surface area contributed by atoms with Crippen LogP contribution in [0.4, 0.5) is 0 Å². The van der Waals surface area contributed by atoms with E-state index >= 15 is 0 Å². The molecule has 0 aromatic heterocycles. The predicted octanol–water partition coefficient (Wildman–Crippen LogP) is 7.52. The van der Waals surface area contributed by atoms with Gasteiger partial charge in [-0.15, -0.1) is 0 Å². The zero-order valence-corrected chi connectivity index (χ0v) is 21.9. The fraction of sp³-hybridized carbons (Fsp3) is 0.710. The molecule has 3 heteroatoms. The Balaban J connectivity index is 0. The van der Waals surface area contributed by atoms with Gasteiger partial charge in [-0.2, -0.15) is 0 Å². The number of carbonyl (C=O) groups is 1. The number of hydrogen-bond donors (Lipinski definition) is 2. The number of aliphatic hydroxyl groups excluding tert-OH is 1. The fourth-order valence-electron chi connectivity index (χ4n) is 3.05. The van der Waals surface area contributed by atoms with Crippen LogP contribution in [0.2, 0.25) is 0 Å². The molecule has 0 unspecified atom stereocenters. The summed E-state index contributed by atoms with van der Waals surface area (Å²) in [5.41, 5.74) is 0. The molecule has 0 aliphatic heterocycles. The lowest BCUT2D eigenvalue weighted by atomic mass is 10.1. The first-order valence-electron chi connectivity index (χ1n) is 13.4. The van der Waals surface area contributed by atoms with Crippen LogP contribution >= 0.6 is 0 Å². The lowest BCUT2D eigenvalue weighted by Crippen LogP contribution is -1.93. The summed E-state index contributed by atoms with van der Waals surface area (Å²) in [5, 5.41) is 16.8. The quantitative estimate of drug-likeness (QED) is 0.171. The summed E-state index contributed by atoms with van der Waals surface area (Å²) in [7, 11) is 0. The summed E-state index contributed by atoms with van der Waals surface area (Å²) in [6.07, 6.45) is 20.8. The number of carboxylic acids is 1. The minimum atomic E-state index is -0.682. The van der Waals surface area contributed by atoms with E-state index < -0.39 is 5.97 Å². The maximum Gasteiger partial charge on any atom is 0.303 e. The van der Waals surface area contributed by atoms with Gasteiger partial charge in [-0.05, 0) is 42.9 Å². The predicted molar refractivity (Wildman–Crippen MR) is 145 cm³/mol. The molecule has 0 bridgehead atoms. The van der Waals surface area contributed by atoms with Crippen molar-refractivity contribution in [1.29, 1.82) is 0 Å². The van der Waals surface area contributed by atoms with E-state index in [0.29, 0.717) is 12.8 Å². The lowest BCUT2D eigenvalue weighted by molar-refractivity contribution is -0.137. The summed E-state index contributed by atoms with van der Waals surface area (Å²) < 4.78 is 0. The van der Waals surface area contributed by atoms with Crippen LogP contribution in [0.15, 0.2) is 0 Å². The monoisotopic (exact) mass is 468 g/mol. The number of carboxylic acid groups (broad SMARTS) is 1. The van der Waals surface area contributed by atoms with Crippen LogP contribution in [0.3, 0.4) is 0 Å². The van der Waals surface area contributed by atoms with Crippen molar-refractivity contribution in [2.45, 2.75) is 136 Å². The van der Waals surface area contributed by atoms with E-state index in [-0.39, 0.29) is 6.61 Å². The molecular formula is C31H48O3. The van der Waals surface area contributed by atoms with Crippen LogP contribution in [0, 0.1) is 47.4 Å². The molecule has 2 N–H and O–H groups in total. The van der Waals surface area contributed by atoms with E-state index in [1.54, 1.807) is 0 Å². The first-order chi connectivity index (χ1) is 16.7. The number of aliphatic carboxylic acids is 1. The van der Waals surface area contributed by atoms with Crippen LogP contribution in [0.1, 0.15) is 136 Å². The molecule has 0 saturated heterocycles. The molecule has 34 heavy (non-hydrogen) atoms. The summed E-state index contributed by atoms with van der Waals surface area (Å²) in [6.45, 7) is 4.36. The van der Waals surface area contributed by atoms with Gasteiger partial charge in [-0.25, -0.2) is 0 Å². The third-order valence-corrected chi connectivity index (χ3v) is 4.99. The lowest BCUT2D eigenvalue weighted by Gasteiger charge is -1.98. The average Bonchev–Trinajstić information content (AvgIpc) is 2.83. The van der Waals surface area contributed by atoms with E-state index in [4.69, 9.17) is 10.2 Å². The van der Waals surface area contributed by atoms with Gasteiger partial charge < -0.3 is 10.2 Å². The zero-order chi connectivity index (χ0) is 25.4. The van der Waals surface area contributed by atoms with Crippen molar-refractivity contribution in [2.24, 2.45) is 0 Å². The van der Waals surface area contributed by atoms with Crippen molar-refractivity contribution in [3.8, 4) is 47.4 Å². The van der Waals surface area contributed by atoms with Crippen LogP contribution in [0.25, 0.3) is 0 Å². The maximum absolute atomic E-state index is 10.4. The molecule has 0 saturated carbocycles. The second-order valence-corrected chi connectivity index (χ2v) is 8.27. The molecule has 0 aromatic rings. The molecule has 0 radical (unpaired) electrons. The van der Waals surface area contributed by atoms with Crippen molar-refractivity contribution in [3.05, 3.63) is 0 Å². The minimum absolute atomic E-state index is 0.126. The molecule has 0 aliphatic carbocycles. The first kappa shape index (κ1) is 33.8. The fourth-order valence-corrected chi connectivity index (χ4v) is 3.05. The van der Waals surface area contributed by atoms with E-state index in [2.05, 4.69) is 54.3 Å². The highest BCUT2D eigenvalue weighted by atomic mass is 16.4. The van der Waals surface area contributed by atoms with Gasteiger partial charge in [0.15, 0.2) is 0 Å². The SMILES string of the molecule is CCC#CC#CCCO.CCCCCCCCCCC#CC#CCCCCCCCCC(=O)O. The molecule has 0 aliphatic rings. The van der Waals surface area contributed by atoms with Crippen LogP contribution in [-0.4, -0.2) is 22.8 Å². The van der Waals surface area contributed by atoms with Gasteiger partial charge in [0, 0.05) is 32.1 Å². The second kappa shape index (κ2) is 32.8. The van der Waals surface area contributed by atoms with Gasteiger partial charge in [0.05, 0.1) is 6.61 Å². The Labute approximate surface area is 210 Å². The maximum atomic E-state index is 10.4. The second-order valence-electron chi connectivity index (χ2n) is 8.27. The Hall–Kier alpha value is -2.33. The average molecular weight is 469 g/mol. The van der Waals surface area contributed by atoms with Crippen LogP contribution in [0.5, 0.6) is 0 Å². The van der Waals surface area contributed by atoms with E-state index in [9.17, 15) is 4.79 Å². The normalized spacial score (nSPS) is 8.91. The van der Waals surface area contributed by atoms with Gasteiger partial charge in [0.2, 0.25) is 0 Å². The number of hydrogen-bond acceptors (Lipinski definition) is 2. The molecule has 0 spiro atoms. The van der Waals surface area contributed by atoms with Crippen LogP contribution < -0.4 is 0 Å². The van der Waals surface area contributed by atoms with Gasteiger partial charge in [0.1, 0.15) is 0 Å². The minimum Gasteiger partial charge on any atom is -0.481 e. The van der Waals surface area contributed by atoms with E-state index in [0.717, 1.165) is 44.9 Å². The molecule has 0 rings (SSSR count). The molecular weight excluding hydrogens is 420 g/mol.